The Balaban J connectivity index is 2.27. The van der Waals surface area contributed by atoms with Crippen molar-refractivity contribution in [1.29, 1.82) is 0 Å². The molecule has 0 aliphatic rings. The summed E-state index contributed by atoms with van der Waals surface area (Å²) in [5.74, 6) is 0.738. The molecule has 3 N–H and O–H groups in total. The van der Waals surface area contributed by atoms with E-state index in [2.05, 4.69) is 26.1 Å². The summed E-state index contributed by atoms with van der Waals surface area (Å²) in [4.78, 5) is 4.98. The molecule has 0 fully saturated rings. The first-order valence-corrected chi connectivity index (χ1v) is 5.82. The Hall–Kier alpha value is -0.760. The summed E-state index contributed by atoms with van der Waals surface area (Å²) < 4.78 is 5.90. The van der Waals surface area contributed by atoms with Gasteiger partial charge in [-0.15, -0.1) is 11.3 Å². The number of nitrogens with two attached hydrogens (primary N) is 1. The Bertz CT molecular complexity index is 456. The number of rotatable bonds is 3. The summed E-state index contributed by atoms with van der Waals surface area (Å²) >= 11 is 4.84. The number of thiophene rings is 1. The highest BCUT2D eigenvalue weighted by molar-refractivity contribution is 9.10. The van der Waals surface area contributed by atoms with Gasteiger partial charge in [0.2, 0.25) is 11.7 Å². The van der Waals surface area contributed by atoms with Crippen molar-refractivity contribution in [2.75, 3.05) is 6.61 Å². The summed E-state index contributed by atoms with van der Waals surface area (Å²) in [6, 6.07) is 1.28. The van der Waals surface area contributed by atoms with Crippen LogP contribution in [0.2, 0.25) is 0 Å². The molecule has 0 unspecified atom stereocenters. The third kappa shape index (κ3) is 2.25. The minimum atomic E-state index is -0.616. The Kier molecular flexibility index (Phi) is 3.15. The van der Waals surface area contributed by atoms with Crippen molar-refractivity contribution >= 4 is 27.3 Å². The molecule has 2 aromatic heterocycles. The quantitative estimate of drug-likeness (QED) is 0.896. The minimum absolute atomic E-state index is 0.213. The van der Waals surface area contributed by atoms with Crippen LogP contribution in [0.25, 0.3) is 10.7 Å². The molecule has 0 amide bonds. The van der Waals surface area contributed by atoms with Crippen LogP contribution in [0.15, 0.2) is 20.4 Å². The van der Waals surface area contributed by atoms with Gasteiger partial charge in [-0.3, -0.25) is 0 Å². The lowest BCUT2D eigenvalue weighted by molar-refractivity contribution is 0.237. The summed E-state index contributed by atoms with van der Waals surface area (Å²) in [5, 5.41) is 14.5. The molecule has 2 aromatic rings. The molecule has 0 bridgehead atoms. The topological polar surface area (TPSA) is 85.2 Å². The molecule has 0 saturated heterocycles. The highest BCUT2D eigenvalue weighted by atomic mass is 79.9. The second-order valence-corrected chi connectivity index (χ2v) is 4.70. The number of nitrogens with zero attached hydrogens (tertiary/aromatic N) is 2. The van der Waals surface area contributed by atoms with Crippen LogP contribution in [0.3, 0.4) is 0 Å². The van der Waals surface area contributed by atoms with Gasteiger partial charge in [0.15, 0.2) is 0 Å². The van der Waals surface area contributed by atoms with Gasteiger partial charge >= 0.3 is 0 Å². The van der Waals surface area contributed by atoms with Gasteiger partial charge in [0.1, 0.15) is 6.04 Å². The zero-order chi connectivity index (χ0) is 10.8. The molecular formula is C8H8BrN3O2S. The number of hydrogen-bond donors (Lipinski definition) is 2. The molecule has 0 radical (unpaired) electrons. The van der Waals surface area contributed by atoms with Crippen molar-refractivity contribution in [1.82, 2.24) is 10.1 Å². The second kappa shape index (κ2) is 4.40. The summed E-state index contributed by atoms with van der Waals surface area (Å²) in [5.41, 5.74) is 5.54. The van der Waals surface area contributed by atoms with E-state index in [0.717, 1.165) is 9.35 Å². The monoisotopic (exact) mass is 289 g/mol. The van der Waals surface area contributed by atoms with Crippen LogP contribution >= 0.6 is 27.3 Å². The van der Waals surface area contributed by atoms with Gasteiger partial charge in [-0.25, -0.2) is 0 Å². The fraction of sp³-hybridized carbons (Fsp3) is 0.250. The van der Waals surface area contributed by atoms with Gasteiger partial charge in [-0.2, -0.15) is 4.98 Å². The molecule has 15 heavy (non-hydrogen) atoms. The van der Waals surface area contributed by atoms with Crippen LogP contribution in [0.1, 0.15) is 11.9 Å². The van der Waals surface area contributed by atoms with Gasteiger partial charge in [0.05, 0.1) is 11.5 Å². The molecule has 0 aromatic carbocycles. The Morgan fingerprint density at radius 2 is 2.47 bits per heavy atom. The Labute approximate surface area is 98.0 Å². The van der Waals surface area contributed by atoms with E-state index >= 15 is 0 Å². The lowest BCUT2D eigenvalue weighted by Crippen LogP contribution is -2.14. The first kappa shape index (κ1) is 10.7. The zero-order valence-electron chi connectivity index (χ0n) is 7.55. The average Bonchev–Trinajstić information content (AvgIpc) is 2.84. The lowest BCUT2D eigenvalue weighted by atomic mass is 10.3. The minimum Gasteiger partial charge on any atom is -0.394 e. The second-order valence-electron chi connectivity index (χ2n) is 2.87. The molecule has 7 heteroatoms. The van der Waals surface area contributed by atoms with E-state index in [1.54, 1.807) is 0 Å². The van der Waals surface area contributed by atoms with Crippen molar-refractivity contribution in [3.05, 3.63) is 21.8 Å². The molecule has 0 aliphatic heterocycles. The zero-order valence-corrected chi connectivity index (χ0v) is 9.96. The van der Waals surface area contributed by atoms with Crippen LogP contribution in [-0.4, -0.2) is 21.9 Å². The SMILES string of the molecule is N[C@@H](CO)c1nc(-c2cc(Br)cs2)no1. The van der Waals surface area contributed by atoms with Crippen molar-refractivity contribution in [2.45, 2.75) is 6.04 Å². The molecule has 5 nitrogen and oxygen atoms in total. The maximum Gasteiger partial charge on any atom is 0.246 e. The number of aliphatic hydroxyl groups excluding tert-OH is 1. The smallest absolute Gasteiger partial charge is 0.246 e. The fourth-order valence-corrected chi connectivity index (χ4v) is 2.35. The highest BCUT2D eigenvalue weighted by Crippen LogP contribution is 2.28. The van der Waals surface area contributed by atoms with E-state index in [0.29, 0.717) is 5.82 Å². The maximum atomic E-state index is 8.81. The van der Waals surface area contributed by atoms with E-state index < -0.39 is 6.04 Å². The van der Waals surface area contributed by atoms with E-state index in [4.69, 9.17) is 15.4 Å². The van der Waals surface area contributed by atoms with Gasteiger partial charge in [0, 0.05) is 9.85 Å². The van der Waals surface area contributed by atoms with E-state index in [1.165, 1.54) is 11.3 Å². The molecule has 0 saturated carbocycles. The van der Waals surface area contributed by atoms with Crippen molar-refractivity contribution in [3.8, 4) is 10.7 Å². The van der Waals surface area contributed by atoms with Crippen LogP contribution in [0.4, 0.5) is 0 Å². The number of aliphatic hydroxyl groups is 1. The Morgan fingerprint density at radius 3 is 3.07 bits per heavy atom. The summed E-state index contributed by atoms with van der Waals surface area (Å²) in [6.07, 6.45) is 0. The molecule has 1 atom stereocenters. The molecule has 2 heterocycles. The molecule has 0 spiro atoms. The standard InChI is InChI=1S/C8H8BrN3O2S/c9-4-1-6(15-3-4)7-11-8(14-12-7)5(10)2-13/h1,3,5,13H,2,10H2/t5-/m0/s1. The van der Waals surface area contributed by atoms with Crippen LogP contribution in [-0.2, 0) is 0 Å². The first-order chi connectivity index (χ1) is 7.20. The third-order valence-corrected chi connectivity index (χ3v) is 3.43. The first-order valence-electron chi connectivity index (χ1n) is 4.15. The largest absolute Gasteiger partial charge is 0.394 e. The van der Waals surface area contributed by atoms with Crippen LogP contribution < -0.4 is 5.73 Å². The average molecular weight is 290 g/mol. The number of aromatic nitrogens is 2. The van der Waals surface area contributed by atoms with Crippen LogP contribution in [0.5, 0.6) is 0 Å². The van der Waals surface area contributed by atoms with Crippen molar-refractivity contribution < 1.29 is 9.63 Å². The van der Waals surface area contributed by atoms with Crippen LogP contribution in [0, 0.1) is 0 Å². The molecule has 80 valence electrons. The summed E-state index contributed by atoms with van der Waals surface area (Å²) in [7, 11) is 0. The van der Waals surface area contributed by atoms with E-state index in [9.17, 15) is 0 Å². The molecule has 0 aliphatic carbocycles. The number of halogens is 1. The van der Waals surface area contributed by atoms with Gasteiger partial charge in [-0.1, -0.05) is 5.16 Å². The summed E-state index contributed by atoms with van der Waals surface area (Å²) in [6.45, 7) is -0.213. The van der Waals surface area contributed by atoms with Gasteiger partial charge in [0.25, 0.3) is 0 Å². The van der Waals surface area contributed by atoms with Gasteiger partial charge in [-0.05, 0) is 22.0 Å². The molecule has 2 rings (SSSR count). The van der Waals surface area contributed by atoms with E-state index in [-0.39, 0.29) is 12.5 Å². The fourth-order valence-electron chi connectivity index (χ4n) is 0.994. The predicted octanol–water partition coefficient (Wildman–Crippen LogP) is 1.55. The van der Waals surface area contributed by atoms with Crippen molar-refractivity contribution in [2.24, 2.45) is 5.73 Å². The van der Waals surface area contributed by atoms with Gasteiger partial charge < -0.3 is 15.4 Å². The maximum absolute atomic E-state index is 8.81. The predicted molar refractivity (Wildman–Crippen MR) is 59.3 cm³/mol. The Morgan fingerprint density at radius 1 is 1.67 bits per heavy atom. The molecular weight excluding hydrogens is 282 g/mol. The highest BCUT2D eigenvalue weighted by Gasteiger charge is 2.15. The normalized spacial score (nSPS) is 13.0. The lowest BCUT2D eigenvalue weighted by Gasteiger charge is -1.98. The number of hydrogen-bond acceptors (Lipinski definition) is 6. The third-order valence-electron chi connectivity index (χ3n) is 1.74. The van der Waals surface area contributed by atoms with E-state index in [1.807, 2.05) is 11.4 Å². The van der Waals surface area contributed by atoms with Crippen molar-refractivity contribution in [3.63, 3.8) is 0 Å².